The fourth-order valence-corrected chi connectivity index (χ4v) is 5.60. The average molecular weight is 583 g/mol. The van der Waals surface area contributed by atoms with Crippen LogP contribution in [-0.4, -0.2) is 61.1 Å². The Morgan fingerprint density at radius 3 is 2.63 bits per heavy atom. The Kier molecular flexibility index (Phi) is 8.79. The number of hydrogen-bond acceptors (Lipinski definition) is 8. The highest BCUT2D eigenvalue weighted by atomic mass is 16.3. The molecule has 3 aromatic heterocycles. The molecular formula is C33H42N8O2. The lowest BCUT2D eigenvalue weighted by molar-refractivity contribution is 0.0740. The normalized spacial score (nSPS) is 14.7. The van der Waals surface area contributed by atoms with Crippen LogP contribution in [0.15, 0.2) is 61.4 Å². The maximum Gasteiger partial charge on any atom is 0.256 e. The van der Waals surface area contributed by atoms with E-state index in [1.54, 1.807) is 38.1 Å². The minimum Gasteiger partial charge on any atom is -0.384 e. The quantitative estimate of drug-likeness (QED) is 0.179. The average Bonchev–Trinajstić information content (AvgIpc) is 3.35. The lowest BCUT2D eigenvalue weighted by Gasteiger charge is -2.35. The van der Waals surface area contributed by atoms with Crippen molar-refractivity contribution in [2.45, 2.75) is 58.1 Å². The van der Waals surface area contributed by atoms with Crippen molar-refractivity contribution in [3.05, 3.63) is 78.3 Å². The van der Waals surface area contributed by atoms with Crippen molar-refractivity contribution in [3.63, 3.8) is 0 Å². The van der Waals surface area contributed by atoms with E-state index in [9.17, 15) is 9.90 Å². The molecule has 4 heterocycles. The Bertz CT molecular complexity index is 1610. The summed E-state index contributed by atoms with van der Waals surface area (Å²) in [4.78, 5) is 29.3. The van der Waals surface area contributed by atoms with Crippen LogP contribution in [0, 0.1) is 0 Å². The number of carbonyl (C=O) groups is 1. The summed E-state index contributed by atoms with van der Waals surface area (Å²) in [6.45, 7) is 14.0. The lowest BCUT2D eigenvalue weighted by atomic mass is 9.86. The Balaban J connectivity index is 1.48. The number of fused-ring (bicyclic) bond motifs is 1. The molecule has 1 aliphatic rings. The molecule has 1 aromatic carbocycles. The Labute approximate surface area is 253 Å². The van der Waals surface area contributed by atoms with Gasteiger partial charge in [0.2, 0.25) is 5.95 Å². The van der Waals surface area contributed by atoms with Crippen molar-refractivity contribution in [2.75, 3.05) is 30.3 Å². The molecule has 1 aliphatic heterocycles. The molecule has 0 aliphatic carbocycles. The van der Waals surface area contributed by atoms with Gasteiger partial charge in [-0.05, 0) is 95.4 Å². The molecule has 0 atom stereocenters. The number of carbonyl (C=O) groups excluding carboxylic acids is 1. The Hall–Kier alpha value is -4.28. The Morgan fingerprint density at radius 2 is 1.93 bits per heavy atom. The fourth-order valence-electron chi connectivity index (χ4n) is 5.60. The third-order valence-electron chi connectivity index (χ3n) is 8.05. The van der Waals surface area contributed by atoms with Crippen molar-refractivity contribution in [1.82, 2.24) is 29.7 Å². The number of piperidine rings is 1. The summed E-state index contributed by atoms with van der Waals surface area (Å²) in [6.07, 6.45) is 7.44. The van der Waals surface area contributed by atoms with Crippen LogP contribution in [0.25, 0.3) is 10.9 Å². The summed E-state index contributed by atoms with van der Waals surface area (Å²) in [5.41, 5.74) is 2.98. The molecule has 4 aromatic rings. The molecule has 4 N–H and O–H groups in total. The van der Waals surface area contributed by atoms with E-state index < -0.39 is 5.60 Å². The second-order valence-electron chi connectivity index (χ2n) is 12.0. The number of aryl methyl sites for hydroxylation is 1. The van der Waals surface area contributed by atoms with Gasteiger partial charge in [0.15, 0.2) is 0 Å². The van der Waals surface area contributed by atoms with Gasteiger partial charge in [-0.3, -0.25) is 4.79 Å². The van der Waals surface area contributed by atoms with Crippen LogP contribution in [-0.2, 0) is 12.6 Å². The van der Waals surface area contributed by atoms with Crippen LogP contribution in [0.2, 0.25) is 0 Å². The van der Waals surface area contributed by atoms with Crippen molar-refractivity contribution < 1.29 is 9.90 Å². The fraction of sp³-hybridized carbons (Fsp3) is 0.394. The standard InChI is InChI=1S/C33H42N8O2/c1-7-14-34-31(42)26-20-35-32(39-30(26)38-29-10-8-9-28(37-29)33(4,5)43)36-23-18-25(24-13-15-40(6)27(24)19-23)22-11-16-41(17-12-22)21(2)3/h7-10,13,15,18-22,43H,1,11-12,14,16-17H2,2-6H3,(H,34,42)(H2,35,36,37,38,39). The number of hydrogen-bond donors (Lipinski definition) is 4. The zero-order valence-corrected chi connectivity index (χ0v) is 25.7. The minimum atomic E-state index is -1.13. The molecule has 1 amide bonds. The number of rotatable bonds is 10. The summed E-state index contributed by atoms with van der Waals surface area (Å²) in [7, 11) is 2.06. The van der Waals surface area contributed by atoms with Gasteiger partial charge in [-0.2, -0.15) is 4.98 Å². The predicted octanol–water partition coefficient (Wildman–Crippen LogP) is 5.58. The molecule has 10 nitrogen and oxygen atoms in total. The molecule has 1 saturated heterocycles. The summed E-state index contributed by atoms with van der Waals surface area (Å²) < 4.78 is 2.13. The molecule has 0 saturated carbocycles. The molecule has 0 unspecified atom stereocenters. The number of aliphatic hydroxyl groups is 1. The van der Waals surface area contributed by atoms with Gasteiger partial charge >= 0.3 is 0 Å². The van der Waals surface area contributed by atoms with E-state index in [1.165, 1.54) is 17.1 Å². The number of nitrogens with zero attached hydrogens (tertiary/aromatic N) is 5. The predicted molar refractivity (Wildman–Crippen MR) is 172 cm³/mol. The molecular weight excluding hydrogens is 540 g/mol. The lowest BCUT2D eigenvalue weighted by Crippen LogP contribution is -2.37. The highest BCUT2D eigenvalue weighted by Gasteiger charge is 2.25. The number of nitrogens with one attached hydrogen (secondary N) is 3. The smallest absolute Gasteiger partial charge is 0.256 e. The first kappa shape index (κ1) is 30.2. The van der Waals surface area contributed by atoms with E-state index in [0.717, 1.165) is 37.1 Å². The number of pyridine rings is 1. The van der Waals surface area contributed by atoms with Crippen molar-refractivity contribution in [2.24, 2.45) is 7.05 Å². The van der Waals surface area contributed by atoms with E-state index >= 15 is 0 Å². The van der Waals surface area contributed by atoms with E-state index in [4.69, 9.17) is 4.98 Å². The van der Waals surface area contributed by atoms with Crippen LogP contribution in [0.3, 0.4) is 0 Å². The monoisotopic (exact) mass is 582 g/mol. The highest BCUT2D eigenvalue weighted by Crippen LogP contribution is 2.37. The number of likely N-dealkylation sites (tertiary alicyclic amines) is 1. The van der Waals surface area contributed by atoms with Gasteiger partial charge in [0, 0.05) is 43.1 Å². The van der Waals surface area contributed by atoms with E-state index in [1.807, 2.05) is 0 Å². The summed E-state index contributed by atoms with van der Waals surface area (Å²) in [5, 5.41) is 21.1. The van der Waals surface area contributed by atoms with Gasteiger partial charge in [0.25, 0.3) is 5.91 Å². The van der Waals surface area contributed by atoms with Gasteiger partial charge in [-0.25, -0.2) is 9.97 Å². The number of anilines is 4. The third kappa shape index (κ3) is 6.87. The highest BCUT2D eigenvalue weighted by molar-refractivity contribution is 5.99. The zero-order valence-electron chi connectivity index (χ0n) is 25.7. The van der Waals surface area contributed by atoms with E-state index in [-0.39, 0.29) is 11.5 Å². The summed E-state index contributed by atoms with van der Waals surface area (Å²) in [5.74, 6) is 1.20. The van der Waals surface area contributed by atoms with Gasteiger partial charge in [-0.15, -0.1) is 6.58 Å². The van der Waals surface area contributed by atoms with Gasteiger partial charge in [-0.1, -0.05) is 12.1 Å². The molecule has 1 fully saturated rings. The maximum absolute atomic E-state index is 13.0. The second kappa shape index (κ2) is 12.5. The molecule has 226 valence electrons. The Morgan fingerprint density at radius 1 is 1.16 bits per heavy atom. The first-order valence-electron chi connectivity index (χ1n) is 14.9. The second-order valence-corrected chi connectivity index (χ2v) is 12.0. The van der Waals surface area contributed by atoms with E-state index in [0.29, 0.717) is 41.8 Å². The summed E-state index contributed by atoms with van der Waals surface area (Å²) in [6, 6.07) is 12.4. The first-order chi connectivity index (χ1) is 20.5. The molecule has 5 rings (SSSR count). The molecule has 0 spiro atoms. The third-order valence-corrected chi connectivity index (χ3v) is 8.05. The SMILES string of the molecule is C=CCNC(=O)c1cnc(Nc2cc(C3CCN(C(C)C)CC3)c3ccn(C)c3c2)nc1Nc1cccc(C(C)(C)O)n1. The molecule has 0 radical (unpaired) electrons. The molecule has 43 heavy (non-hydrogen) atoms. The maximum atomic E-state index is 13.0. The first-order valence-corrected chi connectivity index (χ1v) is 14.9. The number of aromatic nitrogens is 4. The number of benzene rings is 1. The van der Waals surface area contributed by atoms with Gasteiger partial charge in [0.05, 0.1) is 11.2 Å². The van der Waals surface area contributed by atoms with Crippen molar-refractivity contribution in [3.8, 4) is 0 Å². The van der Waals surface area contributed by atoms with Crippen LogP contribution in [0.4, 0.5) is 23.3 Å². The van der Waals surface area contributed by atoms with Crippen molar-refractivity contribution in [1.29, 1.82) is 0 Å². The van der Waals surface area contributed by atoms with E-state index in [2.05, 4.69) is 87.3 Å². The largest absolute Gasteiger partial charge is 0.384 e. The van der Waals surface area contributed by atoms with Crippen LogP contribution >= 0.6 is 0 Å². The molecule has 0 bridgehead atoms. The zero-order chi connectivity index (χ0) is 30.7. The number of amides is 1. The minimum absolute atomic E-state index is 0.262. The van der Waals surface area contributed by atoms with Gasteiger partial charge in [0.1, 0.15) is 22.8 Å². The summed E-state index contributed by atoms with van der Waals surface area (Å²) >= 11 is 0. The molecule has 10 heteroatoms. The van der Waals surface area contributed by atoms with Gasteiger partial charge < -0.3 is 30.5 Å². The van der Waals surface area contributed by atoms with Crippen molar-refractivity contribution >= 4 is 40.1 Å². The van der Waals surface area contributed by atoms with Crippen LogP contribution in [0.1, 0.15) is 68.1 Å². The van der Waals surface area contributed by atoms with Crippen LogP contribution < -0.4 is 16.0 Å². The topological polar surface area (TPSA) is 120 Å². The van der Waals surface area contributed by atoms with Crippen LogP contribution in [0.5, 0.6) is 0 Å².